The zero-order valence-electron chi connectivity index (χ0n) is 18.0. The molecule has 0 radical (unpaired) electrons. The Kier molecular flexibility index (Phi) is 8.09. The number of carbonyl (C=O) groups excluding carboxylic acids is 3. The second-order valence-corrected chi connectivity index (χ2v) is 9.15. The summed E-state index contributed by atoms with van der Waals surface area (Å²) in [5.41, 5.74) is 11.6. The molecule has 32 heavy (non-hydrogen) atoms. The van der Waals surface area contributed by atoms with Crippen LogP contribution in [-0.2, 0) is 4.79 Å². The van der Waals surface area contributed by atoms with E-state index in [4.69, 9.17) is 23.1 Å². The number of primary amides is 1. The Bertz CT molecular complexity index is 972. The molecule has 1 atom stereocenters. The highest BCUT2D eigenvalue weighted by atomic mass is 35.5. The van der Waals surface area contributed by atoms with E-state index in [2.05, 4.69) is 9.69 Å². The Labute approximate surface area is 196 Å². The van der Waals surface area contributed by atoms with E-state index >= 15 is 0 Å². The SMILES string of the molecule is CCCC[C@H](C(=O)NC1CCCC1)N(C(=O)c1snc(C(N)=O)c1N)c1ccc(Cl)cc1. The molecule has 10 heteroatoms. The van der Waals surface area contributed by atoms with Gasteiger partial charge in [-0.25, -0.2) is 0 Å². The van der Waals surface area contributed by atoms with Gasteiger partial charge in [0, 0.05) is 16.8 Å². The number of amides is 3. The van der Waals surface area contributed by atoms with Crippen molar-refractivity contribution < 1.29 is 14.4 Å². The number of rotatable bonds is 9. The van der Waals surface area contributed by atoms with Crippen LogP contribution in [-0.4, -0.2) is 34.2 Å². The fraction of sp³-hybridized carbons (Fsp3) is 0.455. The highest BCUT2D eigenvalue weighted by molar-refractivity contribution is 7.09. The maximum absolute atomic E-state index is 13.7. The van der Waals surface area contributed by atoms with Gasteiger partial charge in [0.1, 0.15) is 10.9 Å². The van der Waals surface area contributed by atoms with Crippen LogP contribution in [0.25, 0.3) is 0 Å². The van der Waals surface area contributed by atoms with Gasteiger partial charge < -0.3 is 16.8 Å². The Morgan fingerprint density at radius 2 is 1.91 bits per heavy atom. The molecule has 172 valence electrons. The van der Waals surface area contributed by atoms with Crippen LogP contribution in [0.5, 0.6) is 0 Å². The van der Waals surface area contributed by atoms with Crippen LogP contribution < -0.4 is 21.7 Å². The van der Waals surface area contributed by atoms with E-state index in [1.54, 1.807) is 24.3 Å². The van der Waals surface area contributed by atoms with Gasteiger partial charge in [0.05, 0.1) is 5.69 Å². The number of aromatic nitrogens is 1. The molecule has 1 aromatic carbocycles. The van der Waals surface area contributed by atoms with Gasteiger partial charge in [0.2, 0.25) is 5.91 Å². The van der Waals surface area contributed by atoms with Crippen LogP contribution in [0.2, 0.25) is 5.02 Å². The molecule has 1 aromatic heterocycles. The summed E-state index contributed by atoms with van der Waals surface area (Å²) in [6.45, 7) is 2.03. The maximum Gasteiger partial charge on any atom is 0.272 e. The number of carbonyl (C=O) groups is 3. The topological polar surface area (TPSA) is 131 Å². The summed E-state index contributed by atoms with van der Waals surface area (Å²) < 4.78 is 3.95. The molecule has 1 heterocycles. The fourth-order valence-corrected chi connectivity index (χ4v) is 4.79. The summed E-state index contributed by atoms with van der Waals surface area (Å²) in [6, 6.07) is 6.07. The lowest BCUT2D eigenvalue weighted by molar-refractivity contribution is -0.123. The van der Waals surface area contributed by atoms with E-state index in [1.165, 1.54) is 4.90 Å². The second-order valence-electron chi connectivity index (χ2n) is 7.94. The second kappa shape index (κ2) is 10.8. The molecule has 0 bridgehead atoms. The maximum atomic E-state index is 13.7. The predicted molar refractivity (Wildman–Crippen MR) is 127 cm³/mol. The minimum absolute atomic E-state index is 0.0723. The largest absolute Gasteiger partial charge is 0.395 e. The van der Waals surface area contributed by atoms with Gasteiger partial charge in [-0.05, 0) is 55.1 Å². The summed E-state index contributed by atoms with van der Waals surface area (Å²) in [5.74, 6) is -1.51. The van der Waals surface area contributed by atoms with E-state index in [1.807, 2.05) is 6.92 Å². The highest BCUT2D eigenvalue weighted by Gasteiger charge is 2.35. The van der Waals surface area contributed by atoms with E-state index in [-0.39, 0.29) is 28.2 Å². The van der Waals surface area contributed by atoms with Crippen LogP contribution in [0, 0.1) is 0 Å². The highest BCUT2D eigenvalue weighted by Crippen LogP contribution is 2.30. The van der Waals surface area contributed by atoms with E-state index < -0.39 is 17.9 Å². The van der Waals surface area contributed by atoms with Crippen molar-refractivity contribution in [2.24, 2.45) is 5.73 Å². The number of anilines is 2. The summed E-state index contributed by atoms with van der Waals surface area (Å²) in [7, 11) is 0. The molecule has 0 unspecified atom stereocenters. The third-order valence-electron chi connectivity index (χ3n) is 5.63. The number of nitrogens with zero attached hydrogens (tertiary/aromatic N) is 2. The van der Waals surface area contributed by atoms with Crippen LogP contribution in [0.4, 0.5) is 11.4 Å². The normalized spacial score (nSPS) is 14.8. The summed E-state index contributed by atoms with van der Waals surface area (Å²) in [6.07, 6.45) is 6.13. The van der Waals surface area contributed by atoms with Crippen molar-refractivity contribution in [3.8, 4) is 0 Å². The lowest BCUT2D eigenvalue weighted by Crippen LogP contribution is -2.51. The molecule has 1 saturated carbocycles. The number of nitrogens with one attached hydrogen (secondary N) is 1. The van der Waals surface area contributed by atoms with Crippen LogP contribution in [0.3, 0.4) is 0 Å². The third kappa shape index (κ3) is 5.39. The first-order chi connectivity index (χ1) is 15.3. The quantitative estimate of drug-likeness (QED) is 0.506. The first kappa shape index (κ1) is 24.0. The van der Waals surface area contributed by atoms with Gasteiger partial charge in [0.15, 0.2) is 5.69 Å². The monoisotopic (exact) mass is 477 g/mol. The predicted octanol–water partition coefficient (Wildman–Crippen LogP) is 3.74. The number of nitrogens with two attached hydrogens (primary N) is 2. The molecule has 5 N–H and O–H groups in total. The molecule has 8 nitrogen and oxygen atoms in total. The van der Waals surface area contributed by atoms with Crippen LogP contribution in [0.15, 0.2) is 24.3 Å². The molecular weight excluding hydrogens is 450 g/mol. The van der Waals surface area contributed by atoms with E-state index in [9.17, 15) is 14.4 Å². The van der Waals surface area contributed by atoms with Crippen molar-refractivity contribution in [3.63, 3.8) is 0 Å². The summed E-state index contributed by atoms with van der Waals surface area (Å²) in [4.78, 5) is 40.2. The number of unbranched alkanes of at least 4 members (excludes halogenated alkanes) is 1. The van der Waals surface area contributed by atoms with Gasteiger partial charge in [-0.15, -0.1) is 0 Å². The van der Waals surface area contributed by atoms with Gasteiger partial charge in [-0.3, -0.25) is 19.3 Å². The molecule has 1 fully saturated rings. The zero-order chi connectivity index (χ0) is 23.3. The number of hydrogen-bond acceptors (Lipinski definition) is 6. The lowest BCUT2D eigenvalue weighted by atomic mass is 10.0. The van der Waals surface area contributed by atoms with Gasteiger partial charge in [-0.1, -0.05) is 44.2 Å². The first-order valence-corrected chi connectivity index (χ1v) is 11.9. The molecule has 2 aromatic rings. The Morgan fingerprint density at radius 3 is 2.47 bits per heavy atom. The molecule has 3 rings (SSSR count). The number of nitrogen functional groups attached to an aromatic ring is 1. The molecule has 0 saturated heterocycles. The van der Waals surface area contributed by atoms with E-state index in [0.29, 0.717) is 17.1 Å². The smallest absolute Gasteiger partial charge is 0.272 e. The van der Waals surface area contributed by atoms with Crippen LogP contribution in [0.1, 0.15) is 72.0 Å². The van der Waals surface area contributed by atoms with E-state index in [0.717, 1.165) is 50.1 Å². The standard InChI is InChI=1S/C22H28ClN5O3S/c1-2-3-8-16(21(30)26-14-6-4-5-7-14)28(15-11-9-13(23)10-12-15)22(31)19-17(24)18(20(25)29)27-32-19/h9-12,14,16H,2-8,24H2,1H3,(H2,25,29)(H,26,30)/t16-/m1/s1. The number of halogens is 1. The Morgan fingerprint density at radius 1 is 1.25 bits per heavy atom. The molecular formula is C22H28ClN5O3S. The molecule has 1 aliphatic rings. The van der Waals surface area contributed by atoms with Crippen molar-refractivity contribution in [2.45, 2.75) is 64.0 Å². The Hall–Kier alpha value is -2.65. The fourth-order valence-electron chi connectivity index (χ4n) is 3.92. The van der Waals surface area contributed by atoms with Crippen molar-refractivity contribution in [2.75, 3.05) is 10.6 Å². The average Bonchev–Trinajstić information content (AvgIpc) is 3.41. The third-order valence-corrected chi connectivity index (χ3v) is 6.73. The average molecular weight is 478 g/mol. The van der Waals surface area contributed by atoms with Gasteiger partial charge in [-0.2, -0.15) is 4.37 Å². The van der Waals surface area contributed by atoms with Crippen molar-refractivity contribution in [1.29, 1.82) is 0 Å². The van der Waals surface area contributed by atoms with Gasteiger partial charge >= 0.3 is 0 Å². The Balaban J connectivity index is 2.02. The van der Waals surface area contributed by atoms with Gasteiger partial charge in [0.25, 0.3) is 11.8 Å². The zero-order valence-corrected chi connectivity index (χ0v) is 19.5. The minimum Gasteiger partial charge on any atom is -0.395 e. The number of hydrogen-bond donors (Lipinski definition) is 3. The minimum atomic E-state index is -0.808. The van der Waals surface area contributed by atoms with Crippen molar-refractivity contribution in [3.05, 3.63) is 39.9 Å². The summed E-state index contributed by atoms with van der Waals surface area (Å²) >= 11 is 6.85. The lowest BCUT2D eigenvalue weighted by Gasteiger charge is -2.32. The molecule has 1 aliphatic carbocycles. The summed E-state index contributed by atoms with van der Waals surface area (Å²) in [5, 5.41) is 3.63. The molecule has 3 amide bonds. The van der Waals surface area contributed by atoms with Crippen LogP contribution >= 0.6 is 23.1 Å². The first-order valence-electron chi connectivity index (χ1n) is 10.8. The van der Waals surface area contributed by atoms with Crippen molar-refractivity contribution in [1.82, 2.24) is 9.69 Å². The molecule has 0 aliphatic heterocycles. The van der Waals surface area contributed by atoms with Crippen molar-refractivity contribution >= 4 is 52.2 Å². The molecule has 0 spiro atoms. The number of benzene rings is 1.